The molecule has 0 aliphatic carbocycles. The van der Waals surface area contributed by atoms with Gasteiger partial charge >= 0.3 is 0 Å². The van der Waals surface area contributed by atoms with Crippen LogP contribution in [0.2, 0.25) is 0 Å². The van der Waals surface area contributed by atoms with E-state index in [9.17, 15) is 14.4 Å². The molecule has 8 heteroatoms. The van der Waals surface area contributed by atoms with E-state index in [0.717, 1.165) is 0 Å². The SMILES string of the molecule is COCCNC(=O)c1cccc(NC(=O)CNc2cccc(C(=O)NC(C)(C)C)c2)c1. The van der Waals surface area contributed by atoms with E-state index in [0.29, 0.717) is 35.7 Å². The number of carbonyl (C=O) groups is 3. The first-order chi connectivity index (χ1) is 14.7. The van der Waals surface area contributed by atoms with E-state index in [-0.39, 0.29) is 29.8 Å². The van der Waals surface area contributed by atoms with Crippen molar-refractivity contribution in [2.75, 3.05) is 37.4 Å². The van der Waals surface area contributed by atoms with Crippen molar-refractivity contribution in [3.8, 4) is 0 Å². The Morgan fingerprint density at radius 3 is 2.16 bits per heavy atom. The molecule has 0 unspecified atom stereocenters. The van der Waals surface area contributed by atoms with Gasteiger partial charge in [-0.05, 0) is 57.2 Å². The highest BCUT2D eigenvalue weighted by molar-refractivity contribution is 5.98. The van der Waals surface area contributed by atoms with Crippen LogP contribution in [0.15, 0.2) is 48.5 Å². The molecule has 0 heterocycles. The second-order valence-corrected chi connectivity index (χ2v) is 8.02. The van der Waals surface area contributed by atoms with Crippen molar-refractivity contribution >= 4 is 29.1 Å². The summed E-state index contributed by atoms with van der Waals surface area (Å²) < 4.78 is 4.91. The zero-order valence-electron chi connectivity index (χ0n) is 18.4. The summed E-state index contributed by atoms with van der Waals surface area (Å²) in [5.41, 5.74) is 1.79. The summed E-state index contributed by atoms with van der Waals surface area (Å²) in [4.78, 5) is 36.7. The van der Waals surface area contributed by atoms with E-state index < -0.39 is 0 Å². The first-order valence-corrected chi connectivity index (χ1v) is 10.0. The second kappa shape index (κ2) is 11.1. The molecule has 31 heavy (non-hydrogen) atoms. The molecule has 0 aromatic heterocycles. The van der Waals surface area contributed by atoms with E-state index in [2.05, 4.69) is 21.3 Å². The van der Waals surface area contributed by atoms with E-state index in [4.69, 9.17) is 4.74 Å². The van der Waals surface area contributed by atoms with Crippen molar-refractivity contribution in [1.29, 1.82) is 0 Å². The van der Waals surface area contributed by atoms with Gasteiger partial charge in [0.1, 0.15) is 0 Å². The van der Waals surface area contributed by atoms with Crippen LogP contribution in [0.1, 0.15) is 41.5 Å². The maximum Gasteiger partial charge on any atom is 0.251 e. The van der Waals surface area contributed by atoms with Crippen LogP contribution in [-0.4, -0.2) is 50.1 Å². The summed E-state index contributed by atoms with van der Waals surface area (Å²) in [6.07, 6.45) is 0. The number of anilines is 2. The van der Waals surface area contributed by atoms with E-state index in [1.165, 1.54) is 0 Å². The summed E-state index contributed by atoms with van der Waals surface area (Å²) in [6, 6.07) is 13.6. The van der Waals surface area contributed by atoms with Gasteiger partial charge in [0.15, 0.2) is 0 Å². The fourth-order valence-electron chi connectivity index (χ4n) is 2.68. The van der Waals surface area contributed by atoms with Gasteiger partial charge in [-0.15, -0.1) is 0 Å². The van der Waals surface area contributed by atoms with Gasteiger partial charge in [-0.2, -0.15) is 0 Å². The third-order valence-corrected chi connectivity index (χ3v) is 4.07. The van der Waals surface area contributed by atoms with Crippen LogP contribution in [0, 0.1) is 0 Å². The van der Waals surface area contributed by atoms with Crippen LogP contribution in [0.5, 0.6) is 0 Å². The number of nitrogens with one attached hydrogen (secondary N) is 4. The number of hydrogen-bond donors (Lipinski definition) is 4. The lowest BCUT2D eigenvalue weighted by Crippen LogP contribution is -2.40. The highest BCUT2D eigenvalue weighted by atomic mass is 16.5. The smallest absolute Gasteiger partial charge is 0.251 e. The number of benzene rings is 2. The van der Waals surface area contributed by atoms with E-state index in [1.54, 1.807) is 55.6 Å². The molecule has 0 atom stereocenters. The minimum absolute atomic E-state index is 0.00854. The normalized spacial score (nSPS) is 10.8. The Morgan fingerprint density at radius 1 is 0.903 bits per heavy atom. The molecule has 0 bridgehead atoms. The van der Waals surface area contributed by atoms with Crippen LogP contribution in [-0.2, 0) is 9.53 Å². The molecular formula is C23H30N4O4. The quantitative estimate of drug-likeness (QED) is 0.461. The van der Waals surface area contributed by atoms with Gasteiger partial charge in [0, 0.05) is 41.7 Å². The van der Waals surface area contributed by atoms with Gasteiger partial charge in [0.25, 0.3) is 11.8 Å². The molecule has 0 spiro atoms. The molecule has 8 nitrogen and oxygen atoms in total. The standard InChI is InChI=1S/C23H30N4O4/c1-23(2,3)27-22(30)17-8-5-9-18(13-17)25-15-20(28)26-19-10-6-7-16(14-19)21(29)24-11-12-31-4/h5-10,13-14,25H,11-12,15H2,1-4H3,(H,24,29)(H,26,28)(H,27,30). The molecule has 0 fully saturated rings. The largest absolute Gasteiger partial charge is 0.383 e. The van der Waals surface area contributed by atoms with Gasteiger partial charge in [0.2, 0.25) is 5.91 Å². The Balaban J connectivity index is 1.91. The van der Waals surface area contributed by atoms with Crippen LogP contribution >= 0.6 is 0 Å². The highest BCUT2D eigenvalue weighted by Crippen LogP contribution is 2.13. The molecular weight excluding hydrogens is 396 g/mol. The summed E-state index contributed by atoms with van der Waals surface area (Å²) in [5.74, 6) is -0.695. The maximum atomic E-state index is 12.3. The van der Waals surface area contributed by atoms with Crippen LogP contribution in [0.25, 0.3) is 0 Å². The van der Waals surface area contributed by atoms with Gasteiger partial charge in [-0.25, -0.2) is 0 Å². The van der Waals surface area contributed by atoms with Gasteiger partial charge in [-0.3, -0.25) is 14.4 Å². The number of ether oxygens (including phenoxy) is 1. The zero-order chi connectivity index (χ0) is 22.9. The van der Waals surface area contributed by atoms with Crippen molar-refractivity contribution < 1.29 is 19.1 Å². The Labute approximate surface area is 182 Å². The average molecular weight is 427 g/mol. The Morgan fingerprint density at radius 2 is 1.52 bits per heavy atom. The molecule has 166 valence electrons. The molecule has 0 saturated carbocycles. The summed E-state index contributed by atoms with van der Waals surface area (Å²) in [6.45, 7) is 6.57. The molecule has 0 saturated heterocycles. The van der Waals surface area contributed by atoms with Crippen LogP contribution in [0.3, 0.4) is 0 Å². The molecule has 3 amide bonds. The molecule has 0 radical (unpaired) electrons. The van der Waals surface area contributed by atoms with Crippen molar-refractivity contribution in [2.45, 2.75) is 26.3 Å². The number of methoxy groups -OCH3 is 1. The lowest BCUT2D eigenvalue weighted by atomic mass is 10.1. The van der Waals surface area contributed by atoms with Crippen molar-refractivity contribution in [3.63, 3.8) is 0 Å². The Hall–Kier alpha value is -3.39. The molecule has 2 aromatic rings. The fraction of sp³-hybridized carbons (Fsp3) is 0.348. The van der Waals surface area contributed by atoms with Crippen LogP contribution < -0.4 is 21.3 Å². The first kappa shape index (κ1) is 23.9. The fourth-order valence-corrected chi connectivity index (χ4v) is 2.68. The van der Waals surface area contributed by atoms with E-state index in [1.807, 2.05) is 20.8 Å². The molecule has 0 aliphatic rings. The van der Waals surface area contributed by atoms with Crippen molar-refractivity contribution in [2.24, 2.45) is 0 Å². The number of carbonyl (C=O) groups excluding carboxylic acids is 3. The van der Waals surface area contributed by atoms with E-state index >= 15 is 0 Å². The van der Waals surface area contributed by atoms with Gasteiger partial charge in [-0.1, -0.05) is 12.1 Å². The number of amides is 3. The van der Waals surface area contributed by atoms with Gasteiger partial charge < -0.3 is 26.0 Å². The average Bonchev–Trinajstić information content (AvgIpc) is 2.71. The second-order valence-electron chi connectivity index (χ2n) is 8.02. The Bertz CT molecular complexity index is 922. The third-order valence-electron chi connectivity index (χ3n) is 4.07. The predicted octanol–water partition coefficient (Wildman–Crippen LogP) is 2.64. The topological polar surface area (TPSA) is 109 Å². The minimum atomic E-state index is -0.338. The van der Waals surface area contributed by atoms with Crippen LogP contribution in [0.4, 0.5) is 11.4 Å². The minimum Gasteiger partial charge on any atom is -0.383 e. The first-order valence-electron chi connectivity index (χ1n) is 10.0. The number of hydrogen-bond acceptors (Lipinski definition) is 5. The summed E-state index contributed by atoms with van der Waals surface area (Å²) in [5, 5.41) is 11.4. The van der Waals surface area contributed by atoms with Gasteiger partial charge in [0.05, 0.1) is 13.2 Å². The summed E-state index contributed by atoms with van der Waals surface area (Å²) >= 11 is 0. The van der Waals surface area contributed by atoms with Crippen molar-refractivity contribution in [3.05, 3.63) is 59.7 Å². The molecule has 2 rings (SSSR count). The molecule has 0 aliphatic heterocycles. The van der Waals surface area contributed by atoms with Crippen molar-refractivity contribution in [1.82, 2.24) is 10.6 Å². The summed E-state index contributed by atoms with van der Waals surface area (Å²) in [7, 11) is 1.56. The maximum absolute atomic E-state index is 12.3. The zero-order valence-corrected chi connectivity index (χ0v) is 18.4. The predicted molar refractivity (Wildman–Crippen MR) is 121 cm³/mol. The molecule has 4 N–H and O–H groups in total. The Kier molecular flexibility index (Phi) is 8.57. The molecule has 2 aromatic carbocycles. The lowest BCUT2D eigenvalue weighted by molar-refractivity contribution is -0.114. The monoisotopic (exact) mass is 426 g/mol. The highest BCUT2D eigenvalue weighted by Gasteiger charge is 2.15. The number of rotatable bonds is 9. The lowest BCUT2D eigenvalue weighted by Gasteiger charge is -2.20. The third kappa shape index (κ3) is 8.47.